The fraction of sp³-hybridized carbons (Fsp3) is 0.417. The van der Waals surface area contributed by atoms with Crippen molar-refractivity contribution < 1.29 is 22.6 Å². The second kappa shape index (κ2) is 5.29. The van der Waals surface area contributed by atoms with Gasteiger partial charge in [-0.05, 0) is 30.5 Å². The Morgan fingerprint density at radius 1 is 1.18 bits per heavy atom. The van der Waals surface area contributed by atoms with Gasteiger partial charge in [0.05, 0.1) is 6.61 Å². The molecule has 0 heterocycles. The van der Waals surface area contributed by atoms with Gasteiger partial charge in [-0.1, -0.05) is 19.9 Å². The molecule has 0 saturated carbocycles. The van der Waals surface area contributed by atoms with Crippen LogP contribution in [0.5, 0.6) is 11.5 Å². The van der Waals surface area contributed by atoms with E-state index < -0.39 is 6.36 Å². The smallest absolute Gasteiger partial charge is 0.490 e. The molecule has 0 spiro atoms. The Morgan fingerprint density at radius 2 is 1.82 bits per heavy atom. The lowest BCUT2D eigenvalue weighted by Crippen LogP contribution is -2.18. The number of ether oxygens (including phenoxy) is 2. The van der Waals surface area contributed by atoms with Gasteiger partial charge in [0, 0.05) is 0 Å². The predicted octanol–water partition coefficient (Wildman–Crippen LogP) is 3.95. The molecule has 1 radical (unpaired) electrons. The van der Waals surface area contributed by atoms with Crippen molar-refractivity contribution in [3.63, 3.8) is 0 Å². The van der Waals surface area contributed by atoms with Gasteiger partial charge in [0.1, 0.15) is 0 Å². The van der Waals surface area contributed by atoms with Crippen LogP contribution in [0.3, 0.4) is 0 Å². The third-order valence-corrected chi connectivity index (χ3v) is 2.05. The maximum Gasteiger partial charge on any atom is 0.573 e. The normalized spacial score (nSPS) is 11.7. The van der Waals surface area contributed by atoms with Gasteiger partial charge in [0.15, 0.2) is 11.5 Å². The van der Waals surface area contributed by atoms with E-state index in [4.69, 9.17) is 4.74 Å². The van der Waals surface area contributed by atoms with Crippen molar-refractivity contribution in [1.29, 1.82) is 0 Å². The van der Waals surface area contributed by atoms with Crippen molar-refractivity contribution in [1.82, 2.24) is 0 Å². The van der Waals surface area contributed by atoms with Gasteiger partial charge in [0.2, 0.25) is 0 Å². The summed E-state index contributed by atoms with van der Waals surface area (Å²) in [6.07, 6.45) is -4.72. The van der Waals surface area contributed by atoms with Gasteiger partial charge in [0.25, 0.3) is 0 Å². The lowest BCUT2D eigenvalue weighted by atomic mass is 10.0. The Labute approximate surface area is 98.3 Å². The van der Waals surface area contributed by atoms with Crippen LogP contribution in [0.15, 0.2) is 18.2 Å². The minimum atomic E-state index is -4.72. The largest absolute Gasteiger partial charge is 0.573 e. The molecule has 0 atom stereocenters. The Balaban J connectivity index is 3.06. The molecular formula is C12H14F3O2. The Morgan fingerprint density at radius 3 is 2.29 bits per heavy atom. The van der Waals surface area contributed by atoms with Crippen molar-refractivity contribution in [3.05, 3.63) is 29.7 Å². The summed E-state index contributed by atoms with van der Waals surface area (Å²) in [5, 5.41) is 0. The molecule has 17 heavy (non-hydrogen) atoms. The lowest BCUT2D eigenvalue weighted by Gasteiger charge is -2.15. The molecule has 5 heteroatoms. The van der Waals surface area contributed by atoms with Gasteiger partial charge in [-0.3, -0.25) is 0 Å². The van der Waals surface area contributed by atoms with Crippen LogP contribution < -0.4 is 9.47 Å². The Hall–Kier alpha value is -1.39. The third-order valence-electron chi connectivity index (χ3n) is 2.05. The van der Waals surface area contributed by atoms with Crippen LogP contribution in [0, 0.1) is 5.92 Å². The van der Waals surface area contributed by atoms with E-state index in [0.29, 0.717) is 5.56 Å². The zero-order valence-corrected chi connectivity index (χ0v) is 9.89. The summed E-state index contributed by atoms with van der Waals surface area (Å²) in [7, 11) is 0. The maximum atomic E-state index is 12.2. The molecule has 2 nitrogen and oxygen atoms in total. The summed E-state index contributed by atoms with van der Waals surface area (Å²) in [4.78, 5) is 0. The number of hydrogen-bond donors (Lipinski definition) is 0. The molecule has 0 aliphatic rings. The highest BCUT2D eigenvalue weighted by atomic mass is 19.4. The first kappa shape index (κ1) is 13.7. The molecule has 1 aromatic rings. The molecule has 0 bridgehead atoms. The third kappa shape index (κ3) is 4.17. The quantitative estimate of drug-likeness (QED) is 0.802. The highest BCUT2D eigenvalue weighted by Crippen LogP contribution is 2.34. The van der Waals surface area contributed by atoms with Crippen LogP contribution in [0.2, 0.25) is 0 Å². The van der Waals surface area contributed by atoms with Gasteiger partial charge in [-0.2, -0.15) is 0 Å². The fourth-order valence-electron chi connectivity index (χ4n) is 1.30. The Bertz CT molecular complexity index is 373. The van der Waals surface area contributed by atoms with Crippen molar-refractivity contribution in [2.24, 2.45) is 0 Å². The molecule has 1 aromatic carbocycles. The van der Waals surface area contributed by atoms with Gasteiger partial charge >= 0.3 is 6.36 Å². The molecule has 95 valence electrons. The van der Waals surface area contributed by atoms with Crippen LogP contribution in [0.4, 0.5) is 13.2 Å². The topological polar surface area (TPSA) is 18.5 Å². The molecule has 0 fully saturated rings. The number of hydrogen-bond acceptors (Lipinski definition) is 2. The van der Waals surface area contributed by atoms with E-state index in [1.807, 2.05) is 13.8 Å². The minimum absolute atomic E-state index is 0.0924. The summed E-state index contributed by atoms with van der Waals surface area (Å²) in [5.74, 6) is 0.688. The van der Waals surface area contributed by atoms with Crippen LogP contribution in [-0.4, -0.2) is 13.0 Å². The first-order valence-electron chi connectivity index (χ1n) is 5.16. The van der Waals surface area contributed by atoms with E-state index in [-0.39, 0.29) is 18.1 Å². The monoisotopic (exact) mass is 247 g/mol. The summed E-state index contributed by atoms with van der Waals surface area (Å²) < 4.78 is 45.7. The SMILES string of the molecule is CCOc1ccc([C](C)C)cc1OC(F)(F)F. The van der Waals surface area contributed by atoms with Gasteiger partial charge < -0.3 is 9.47 Å². The summed E-state index contributed by atoms with van der Waals surface area (Å²) in [6, 6.07) is 4.50. The zero-order valence-electron chi connectivity index (χ0n) is 9.89. The van der Waals surface area contributed by atoms with E-state index in [9.17, 15) is 13.2 Å². The van der Waals surface area contributed by atoms with Crippen molar-refractivity contribution in [3.8, 4) is 11.5 Å². The van der Waals surface area contributed by atoms with E-state index >= 15 is 0 Å². The van der Waals surface area contributed by atoms with Crippen LogP contribution in [0.25, 0.3) is 0 Å². The van der Waals surface area contributed by atoms with Crippen molar-refractivity contribution >= 4 is 0 Å². The second-order valence-corrected chi connectivity index (χ2v) is 3.64. The molecule has 0 aromatic heterocycles. The van der Waals surface area contributed by atoms with Crippen LogP contribution in [-0.2, 0) is 0 Å². The van der Waals surface area contributed by atoms with Gasteiger partial charge in [-0.25, -0.2) is 0 Å². The maximum absolute atomic E-state index is 12.2. The average molecular weight is 247 g/mol. The fourth-order valence-corrected chi connectivity index (χ4v) is 1.30. The van der Waals surface area contributed by atoms with Crippen LogP contribution in [0.1, 0.15) is 26.3 Å². The second-order valence-electron chi connectivity index (χ2n) is 3.64. The van der Waals surface area contributed by atoms with E-state index in [0.717, 1.165) is 5.92 Å². The number of alkyl halides is 3. The lowest BCUT2D eigenvalue weighted by molar-refractivity contribution is -0.275. The molecule has 0 aliphatic heterocycles. The summed E-state index contributed by atoms with van der Waals surface area (Å²) >= 11 is 0. The molecule has 0 amide bonds. The summed E-state index contributed by atoms with van der Waals surface area (Å²) in [6.45, 7) is 5.60. The zero-order chi connectivity index (χ0) is 13.1. The molecular weight excluding hydrogens is 233 g/mol. The summed E-state index contributed by atoms with van der Waals surface area (Å²) in [5.41, 5.74) is 0.688. The first-order chi connectivity index (χ1) is 7.83. The molecule has 0 saturated heterocycles. The molecule has 1 rings (SSSR count). The van der Waals surface area contributed by atoms with Crippen molar-refractivity contribution in [2.75, 3.05) is 6.61 Å². The number of rotatable bonds is 4. The predicted molar refractivity (Wildman–Crippen MR) is 58.0 cm³/mol. The minimum Gasteiger partial charge on any atom is -0.490 e. The van der Waals surface area contributed by atoms with E-state index in [1.165, 1.54) is 12.1 Å². The highest BCUT2D eigenvalue weighted by molar-refractivity contribution is 5.46. The molecule has 0 aliphatic carbocycles. The average Bonchev–Trinajstić information content (AvgIpc) is 2.18. The van der Waals surface area contributed by atoms with Gasteiger partial charge in [-0.15, -0.1) is 13.2 Å². The number of halogens is 3. The Kier molecular flexibility index (Phi) is 4.26. The van der Waals surface area contributed by atoms with E-state index in [2.05, 4.69) is 4.74 Å². The molecule has 0 N–H and O–H groups in total. The standard InChI is InChI=1S/C12H14F3O2/c1-4-16-10-6-5-9(8(2)3)7-11(10)17-12(13,14)15/h5-7H,4H2,1-3H3. The number of benzene rings is 1. The first-order valence-corrected chi connectivity index (χ1v) is 5.16. The highest BCUT2D eigenvalue weighted by Gasteiger charge is 2.32. The van der Waals surface area contributed by atoms with Crippen LogP contribution >= 0.6 is 0 Å². The van der Waals surface area contributed by atoms with E-state index in [1.54, 1.807) is 13.0 Å². The molecule has 0 unspecified atom stereocenters. The van der Waals surface area contributed by atoms with Crippen molar-refractivity contribution in [2.45, 2.75) is 27.1 Å².